The van der Waals surface area contributed by atoms with E-state index < -0.39 is 0 Å². The smallest absolute Gasteiger partial charge is 0.214 e. The number of aromatic nitrogens is 7. The van der Waals surface area contributed by atoms with Crippen molar-refractivity contribution in [3.63, 3.8) is 0 Å². The molecular formula is C35H43N11O2S. The van der Waals surface area contributed by atoms with Crippen LogP contribution >= 0.6 is 11.3 Å². The number of nitrogens with one attached hydrogen (secondary N) is 1. The van der Waals surface area contributed by atoms with Crippen LogP contribution in [0.4, 0.5) is 10.8 Å². The number of hydrogen-bond acceptors (Lipinski definition) is 12. The predicted molar refractivity (Wildman–Crippen MR) is 190 cm³/mol. The lowest BCUT2D eigenvalue weighted by Gasteiger charge is -2.39. The molecule has 1 saturated heterocycles. The van der Waals surface area contributed by atoms with E-state index in [0.717, 1.165) is 101 Å². The highest BCUT2D eigenvalue weighted by molar-refractivity contribution is 7.16. The van der Waals surface area contributed by atoms with Crippen molar-refractivity contribution in [1.82, 2.24) is 40.0 Å². The highest BCUT2D eigenvalue weighted by atomic mass is 32.1. The molecule has 0 aromatic carbocycles. The molecule has 0 saturated carbocycles. The van der Waals surface area contributed by atoms with Gasteiger partial charge in [0.25, 0.3) is 0 Å². The van der Waals surface area contributed by atoms with Gasteiger partial charge >= 0.3 is 0 Å². The monoisotopic (exact) mass is 681 g/mol. The lowest BCUT2D eigenvalue weighted by Crippen LogP contribution is -2.35. The van der Waals surface area contributed by atoms with Crippen LogP contribution in [-0.2, 0) is 24.8 Å². The van der Waals surface area contributed by atoms with Gasteiger partial charge in [0.1, 0.15) is 12.4 Å². The van der Waals surface area contributed by atoms with Gasteiger partial charge in [-0.15, -0.1) is 11.3 Å². The molecule has 0 radical (unpaired) electrons. The lowest BCUT2D eigenvalue weighted by atomic mass is 9.63. The first-order chi connectivity index (χ1) is 23.9. The first-order valence-electron chi connectivity index (χ1n) is 17.6. The van der Waals surface area contributed by atoms with E-state index in [2.05, 4.69) is 57.3 Å². The third kappa shape index (κ3) is 4.59. The topological polar surface area (TPSA) is 152 Å². The van der Waals surface area contributed by atoms with Crippen LogP contribution in [0.25, 0.3) is 22.6 Å². The Labute approximate surface area is 288 Å². The van der Waals surface area contributed by atoms with Crippen molar-refractivity contribution in [2.24, 2.45) is 4.99 Å². The maximum Gasteiger partial charge on any atom is 0.214 e. The fraction of sp³-hybridized carbons (Fsp3) is 0.543. The molecule has 0 unspecified atom stereocenters. The minimum absolute atomic E-state index is 0.0416. The number of aryl methyl sites for hydroxylation is 1. The van der Waals surface area contributed by atoms with Gasteiger partial charge < -0.3 is 24.8 Å². The molecule has 7 heterocycles. The van der Waals surface area contributed by atoms with E-state index in [4.69, 9.17) is 35.2 Å². The summed E-state index contributed by atoms with van der Waals surface area (Å²) >= 11 is 1.70. The third-order valence-corrected chi connectivity index (χ3v) is 12.8. The van der Waals surface area contributed by atoms with Gasteiger partial charge in [0, 0.05) is 22.0 Å². The Balaban J connectivity index is 1.22. The van der Waals surface area contributed by atoms with Crippen molar-refractivity contribution < 1.29 is 9.26 Å². The number of anilines is 2. The lowest BCUT2D eigenvalue weighted by molar-refractivity contribution is 0.232. The largest absolute Gasteiger partial charge is 0.476 e. The van der Waals surface area contributed by atoms with Crippen molar-refractivity contribution in [1.29, 1.82) is 0 Å². The first-order valence-corrected chi connectivity index (χ1v) is 18.4. The van der Waals surface area contributed by atoms with E-state index in [-0.39, 0.29) is 17.5 Å². The zero-order valence-electron chi connectivity index (χ0n) is 28.4. The number of nitrogen functional groups attached to an aromatic ring is 1. The van der Waals surface area contributed by atoms with Crippen molar-refractivity contribution in [3.8, 4) is 17.4 Å². The van der Waals surface area contributed by atoms with E-state index in [9.17, 15) is 0 Å². The number of nitrogens with zero attached hydrogens (tertiary/aromatic N) is 9. The quantitative estimate of drug-likeness (QED) is 0.216. The van der Waals surface area contributed by atoms with Crippen LogP contribution in [0.5, 0.6) is 5.88 Å². The maximum absolute atomic E-state index is 6.61. The van der Waals surface area contributed by atoms with Gasteiger partial charge in [0.15, 0.2) is 22.9 Å². The minimum atomic E-state index is -0.287. The van der Waals surface area contributed by atoms with Gasteiger partial charge in [0.05, 0.1) is 58.9 Å². The molecule has 4 atom stereocenters. The normalized spacial score (nSPS) is 24.4. The average molecular weight is 682 g/mol. The molecule has 5 aromatic rings. The number of aromatic amines is 1. The summed E-state index contributed by atoms with van der Waals surface area (Å²) in [6.45, 7) is 11.0. The Morgan fingerprint density at radius 3 is 2.86 bits per heavy atom. The molecule has 14 heteroatoms. The Kier molecular flexibility index (Phi) is 7.31. The standard InChI is InChI=1S/C35H43N11O2S/c1-19-22-17-38-42-34(22)47-15-14-45(19)32-24-18-39-46(20(2)25-9-7-13-44(25)4)33(24)41-31(40-32)28-21-8-5-11-35(29(21)48-43-28)12-6-10-26-27(35)23(16-37-3)30(36)49-26/h17-20,25H,3,5-16,36H2,1-2,4H3,(H,38,42)/t19-,20-,25-,35-/m0/s1. The van der Waals surface area contributed by atoms with Crippen molar-refractivity contribution in [2.75, 3.05) is 37.4 Å². The summed E-state index contributed by atoms with van der Waals surface area (Å²) in [5.41, 5.74) is 12.4. The molecule has 49 heavy (non-hydrogen) atoms. The number of rotatable bonds is 6. The van der Waals surface area contributed by atoms with Crippen molar-refractivity contribution in [2.45, 2.75) is 95.3 Å². The number of hydrogen-bond donors (Lipinski definition) is 2. The molecule has 0 bridgehead atoms. The molecule has 3 N–H and O–H groups in total. The number of nitrogens with two attached hydrogens (primary N) is 1. The predicted octanol–water partition coefficient (Wildman–Crippen LogP) is 5.62. The van der Waals surface area contributed by atoms with Gasteiger partial charge in [-0.1, -0.05) is 5.16 Å². The van der Waals surface area contributed by atoms with Crippen LogP contribution < -0.4 is 15.4 Å². The average Bonchev–Trinajstić information content (AvgIpc) is 3.93. The van der Waals surface area contributed by atoms with Gasteiger partial charge in [-0.05, 0) is 91.1 Å². The Bertz CT molecular complexity index is 2060. The second kappa shape index (κ2) is 11.7. The van der Waals surface area contributed by atoms with Gasteiger partial charge in [-0.25, -0.2) is 19.7 Å². The van der Waals surface area contributed by atoms with Gasteiger partial charge in [-0.3, -0.25) is 4.99 Å². The van der Waals surface area contributed by atoms with Crippen LogP contribution in [0, 0.1) is 0 Å². The second-order valence-electron chi connectivity index (χ2n) is 14.3. The molecule has 9 rings (SSSR count). The molecular weight excluding hydrogens is 639 g/mol. The fourth-order valence-electron chi connectivity index (χ4n) is 9.30. The molecule has 13 nitrogen and oxygen atoms in total. The van der Waals surface area contributed by atoms with Crippen LogP contribution in [0.3, 0.4) is 0 Å². The zero-order valence-corrected chi connectivity index (χ0v) is 29.2. The minimum Gasteiger partial charge on any atom is -0.476 e. The van der Waals surface area contributed by atoms with Crippen LogP contribution in [0.15, 0.2) is 21.9 Å². The Hall–Kier alpha value is -4.30. The summed E-state index contributed by atoms with van der Waals surface area (Å²) in [6, 6.07) is 0.462. The zero-order chi connectivity index (χ0) is 33.4. The number of thiophene rings is 1. The number of likely N-dealkylation sites (tertiary alicyclic amines) is 1. The Morgan fingerprint density at radius 2 is 2.04 bits per heavy atom. The number of aliphatic imine (C=N–C) groups is 1. The van der Waals surface area contributed by atoms with E-state index >= 15 is 0 Å². The summed E-state index contributed by atoms with van der Waals surface area (Å²) in [4.78, 5) is 21.0. The molecule has 256 valence electrons. The molecule has 1 fully saturated rings. The number of likely N-dealkylation sites (N-methyl/N-ethyl adjacent to an activating group) is 1. The van der Waals surface area contributed by atoms with E-state index in [1.165, 1.54) is 16.9 Å². The molecule has 5 aromatic heterocycles. The molecule has 2 aliphatic carbocycles. The highest BCUT2D eigenvalue weighted by Crippen LogP contribution is 2.55. The van der Waals surface area contributed by atoms with Gasteiger partial charge in [-0.2, -0.15) is 10.2 Å². The summed E-state index contributed by atoms with van der Waals surface area (Å²) in [5.74, 6) is 3.03. The summed E-state index contributed by atoms with van der Waals surface area (Å²) in [5, 5.41) is 18.9. The van der Waals surface area contributed by atoms with E-state index in [0.29, 0.717) is 37.4 Å². The highest BCUT2D eigenvalue weighted by Gasteiger charge is 2.48. The summed E-state index contributed by atoms with van der Waals surface area (Å²) in [6.07, 6.45) is 12.0. The van der Waals surface area contributed by atoms with Crippen LogP contribution in [0.1, 0.15) is 97.3 Å². The number of ether oxygens (including phenoxy) is 1. The number of H-pyrrole nitrogens is 1. The SMILES string of the molecule is C=NCc1c(N)sc2c1[C@@]1(CCC2)CCCc2c(-c3nc(N4CCOc5[nH]ncc5[C@@H]4C)c4cnn([C@@H](C)[C@@H]5CCCN5C)c4n3)noc21. The van der Waals surface area contributed by atoms with Crippen LogP contribution in [0.2, 0.25) is 0 Å². The fourth-order valence-corrected chi connectivity index (χ4v) is 10.5. The summed E-state index contributed by atoms with van der Waals surface area (Å²) in [7, 11) is 2.21. The molecule has 2 aliphatic heterocycles. The van der Waals surface area contributed by atoms with Gasteiger partial charge in [0.2, 0.25) is 5.88 Å². The molecule has 0 amide bonds. The Morgan fingerprint density at radius 1 is 1.18 bits per heavy atom. The van der Waals surface area contributed by atoms with E-state index in [1.807, 2.05) is 12.4 Å². The first kappa shape index (κ1) is 30.7. The van der Waals surface area contributed by atoms with Crippen LogP contribution in [-0.4, -0.2) is 79.5 Å². The van der Waals surface area contributed by atoms with E-state index in [1.54, 1.807) is 11.3 Å². The molecule has 1 spiro atoms. The summed E-state index contributed by atoms with van der Waals surface area (Å²) < 4.78 is 14.6. The maximum atomic E-state index is 6.61. The number of fused-ring (bicyclic) bond motifs is 6. The second-order valence-corrected chi connectivity index (χ2v) is 15.4. The van der Waals surface area contributed by atoms with Crippen molar-refractivity contribution >= 4 is 39.9 Å². The van der Waals surface area contributed by atoms with Crippen molar-refractivity contribution in [3.05, 3.63) is 45.3 Å². The third-order valence-electron chi connectivity index (χ3n) is 11.7. The molecule has 4 aliphatic rings.